The van der Waals surface area contributed by atoms with Gasteiger partial charge < -0.3 is 14.5 Å². The Bertz CT molecular complexity index is 754. The van der Waals surface area contributed by atoms with Crippen molar-refractivity contribution in [2.24, 2.45) is 0 Å². The van der Waals surface area contributed by atoms with Gasteiger partial charge in [-0.3, -0.25) is 4.79 Å². The number of carbonyl (C=O) groups excluding carboxylic acids is 1. The van der Waals surface area contributed by atoms with E-state index in [0.717, 1.165) is 0 Å². The number of amides is 1. The maximum absolute atomic E-state index is 12.2. The van der Waals surface area contributed by atoms with Crippen molar-refractivity contribution in [3.05, 3.63) is 54.0 Å². The van der Waals surface area contributed by atoms with Gasteiger partial charge in [0, 0.05) is 18.7 Å². The predicted molar refractivity (Wildman–Crippen MR) is 88.0 cm³/mol. The molecular weight excluding hydrogens is 332 g/mol. The fourth-order valence-corrected chi connectivity index (χ4v) is 3.31. The zero-order valence-corrected chi connectivity index (χ0v) is 14.3. The molecule has 1 unspecified atom stereocenters. The Morgan fingerprint density at radius 3 is 2.54 bits per heavy atom. The van der Waals surface area contributed by atoms with Gasteiger partial charge in [-0.05, 0) is 43.3 Å². The van der Waals surface area contributed by atoms with E-state index in [1.807, 2.05) is 0 Å². The van der Waals surface area contributed by atoms with Crippen LogP contribution < -0.4 is 10.0 Å². The summed E-state index contributed by atoms with van der Waals surface area (Å²) in [5.41, 5.74) is 0.366. The molecule has 24 heavy (non-hydrogen) atoms. The first-order valence-electron chi connectivity index (χ1n) is 7.34. The summed E-state index contributed by atoms with van der Waals surface area (Å²) in [5.74, 6) is 0.329. The van der Waals surface area contributed by atoms with Crippen molar-refractivity contribution in [2.75, 3.05) is 13.7 Å². The van der Waals surface area contributed by atoms with Crippen LogP contribution in [0, 0.1) is 0 Å². The minimum atomic E-state index is -3.65. The van der Waals surface area contributed by atoms with E-state index in [-0.39, 0.29) is 30.0 Å². The van der Waals surface area contributed by atoms with Crippen molar-refractivity contribution in [2.45, 2.75) is 24.4 Å². The third-order valence-electron chi connectivity index (χ3n) is 3.20. The molecule has 0 radical (unpaired) electrons. The molecule has 1 aromatic carbocycles. The van der Waals surface area contributed by atoms with E-state index >= 15 is 0 Å². The van der Waals surface area contributed by atoms with Gasteiger partial charge >= 0.3 is 0 Å². The van der Waals surface area contributed by atoms with E-state index in [0.29, 0.717) is 11.3 Å². The number of sulfonamides is 1. The SMILES string of the molecule is COCC(C)NS(=O)(=O)c1ccc(C(=O)NCc2ccco2)cc1. The zero-order valence-electron chi connectivity index (χ0n) is 13.5. The summed E-state index contributed by atoms with van der Waals surface area (Å²) in [6, 6.07) is 8.85. The van der Waals surface area contributed by atoms with Crippen molar-refractivity contribution in [3.8, 4) is 0 Å². The van der Waals surface area contributed by atoms with Crippen molar-refractivity contribution >= 4 is 15.9 Å². The van der Waals surface area contributed by atoms with Gasteiger partial charge in [0.1, 0.15) is 5.76 Å². The van der Waals surface area contributed by atoms with Crippen molar-refractivity contribution in [3.63, 3.8) is 0 Å². The van der Waals surface area contributed by atoms with E-state index in [1.54, 1.807) is 19.1 Å². The van der Waals surface area contributed by atoms with Gasteiger partial charge in [0.05, 0.1) is 24.3 Å². The number of benzene rings is 1. The second-order valence-electron chi connectivity index (χ2n) is 5.26. The second kappa shape index (κ2) is 8.09. The molecule has 2 N–H and O–H groups in total. The molecule has 0 saturated carbocycles. The molecule has 0 aliphatic heterocycles. The van der Waals surface area contributed by atoms with E-state index < -0.39 is 10.0 Å². The molecule has 130 valence electrons. The van der Waals surface area contributed by atoms with Crippen LogP contribution in [0.2, 0.25) is 0 Å². The Balaban J connectivity index is 2.00. The van der Waals surface area contributed by atoms with Crippen molar-refractivity contribution < 1.29 is 22.4 Å². The first kappa shape index (κ1) is 18.2. The van der Waals surface area contributed by atoms with Crippen LogP contribution >= 0.6 is 0 Å². The number of methoxy groups -OCH3 is 1. The van der Waals surface area contributed by atoms with Crippen LogP contribution in [0.5, 0.6) is 0 Å². The summed E-state index contributed by atoms with van der Waals surface area (Å²) in [4.78, 5) is 12.1. The Hall–Kier alpha value is -2.16. The maximum atomic E-state index is 12.2. The average Bonchev–Trinajstić information content (AvgIpc) is 3.06. The lowest BCUT2D eigenvalue weighted by molar-refractivity contribution is 0.0948. The summed E-state index contributed by atoms with van der Waals surface area (Å²) in [6.45, 7) is 2.24. The molecule has 0 aliphatic carbocycles. The largest absolute Gasteiger partial charge is 0.467 e. The van der Waals surface area contributed by atoms with Gasteiger partial charge in [-0.2, -0.15) is 0 Å². The smallest absolute Gasteiger partial charge is 0.251 e. The fraction of sp³-hybridized carbons (Fsp3) is 0.312. The van der Waals surface area contributed by atoms with Gasteiger partial charge in [-0.25, -0.2) is 13.1 Å². The van der Waals surface area contributed by atoms with Crippen LogP contribution in [0.3, 0.4) is 0 Å². The van der Waals surface area contributed by atoms with E-state index in [1.165, 1.54) is 37.6 Å². The minimum absolute atomic E-state index is 0.0908. The molecule has 2 rings (SSSR count). The Labute approximate surface area is 141 Å². The maximum Gasteiger partial charge on any atom is 0.251 e. The van der Waals surface area contributed by atoms with Crippen LogP contribution in [0.25, 0.3) is 0 Å². The Morgan fingerprint density at radius 1 is 1.25 bits per heavy atom. The number of hydrogen-bond acceptors (Lipinski definition) is 5. The Kier molecular flexibility index (Phi) is 6.13. The lowest BCUT2D eigenvalue weighted by Gasteiger charge is -2.13. The summed E-state index contributed by atoms with van der Waals surface area (Å²) >= 11 is 0. The van der Waals surface area contributed by atoms with Gasteiger partial charge in [-0.15, -0.1) is 0 Å². The number of rotatable bonds is 8. The highest BCUT2D eigenvalue weighted by Gasteiger charge is 2.17. The minimum Gasteiger partial charge on any atom is -0.467 e. The molecule has 0 saturated heterocycles. The lowest BCUT2D eigenvalue weighted by atomic mass is 10.2. The highest BCUT2D eigenvalue weighted by Crippen LogP contribution is 2.11. The van der Waals surface area contributed by atoms with Gasteiger partial charge in [0.25, 0.3) is 5.91 Å². The standard InChI is InChI=1S/C16H20N2O5S/c1-12(11-22-2)18-24(20,21)15-7-5-13(6-8-15)16(19)17-10-14-4-3-9-23-14/h3-9,12,18H,10-11H2,1-2H3,(H,17,19). The normalized spacial score (nSPS) is 12.8. The molecule has 2 aromatic rings. The number of hydrogen-bond donors (Lipinski definition) is 2. The molecule has 1 atom stereocenters. The quantitative estimate of drug-likeness (QED) is 0.751. The first-order valence-corrected chi connectivity index (χ1v) is 8.82. The predicted octanol–water partition coefficient (Wildman–Crippen LogP) is 1.52. The summed E-state index contributed by atoms with van der Waals surface area (Å²) in [6.07, 6.45) is 1.53. The zero-order chi connectivity index (χ0) is 17.6. The Morgan fingerprint density at radius 2 is 1.96 bits per heavy atom. The van der Waals surface area contributed by atoms with Crippen LogP contribution in [0.1, 0.15) is 23.0 Å². The summed E-state index contributed by atoms with van der Waals surface area (Å²) < 4.78 is 36.9. The number of carbonyl (C=O) groups is 1. The van der Waals surface area contributed by atoms with E-state index in [4.69, 9.17) is 9.15 Å². The summed E-state index contributed by atoms with van der Waals surface area (Å²) in [5, 5.41) is 2.69. The third kappa shape index (κ3) is 4.92. The molecule has 1 aromatic heterocycles. The molecule has 7 nitrogen and oxygen atoms in total. The first-order chi connectivity index (χ1) is 11.4. The number of ether oxygens (including phenoxy) is 1. The molecule has 0 spiro atoms. The topological polar surface area (TPSA) is 97.6 Å². The molecule has 0 bridgehead atoms. The second-order valence-corrected chi connectivity index (χ2v) is 6.98. The van der Waals surface area contributed by atoms with Crippen LogP contribution in [0.15, 0.2) is 52.0 Å². The van der Waals surface area contributed by atoms with Crippen LogP contribution in [-0.4, -0.2) is 34.1 Å². The molecular formula is C16H20N2O5S. The molecule has 8 heteroatoms. The van der Waals surface area contributed by atoms with E-state index in [9.17, 15) is 13.2 Å². The highest BCUT2D eigenvalue weighted by molar-refractivity contribution is 7.89. The van der Waals surface area contributed by atoms with Gasteiger partial charge in [0.2, 0.25) is 10.0 Å². The van der Waals surface area contributed by atoms with E-state index in [2.05, 4.69) is 10.0 Å². The molecule has 1 heterocycles. The van der Waals surface area contributed by atoms with Gasteiger partial charge in [0.15, 0.2) is 0 Å². The third-order valence-corrected chi connectivity index (χ3v) is 4.81. The fourth-order valence-electron chi connectivity index (χ4n) is 2.09. The monoisotopic (exact) mass is 352 g/mol. The molecule has 0 aliphatic rings. The lowest BCUT2D eigenvalue weighted by Crippen LogP contribution is -2.35. The number of nitrogens with one attached hydrogen (secondary N) is 2. The van der Waals surface area contributed by atoms with Crippen LogP contribution in [0.4, 0.5) is 0 Å². The van der Waals surface area contributed by atoms with Crippen LogP contribution in [-0.2, 0) is 21.3 Å². The van der Waals surface area contributed by atoms with Crippen molar-refractivity contribution in [1.82, 2.24) is 10.0 Å². The molecule has 0 fully saturated rings. The average molecular weight is 352 g/mol. The van der Waals surface area contributed by atoms with Crippen molar-refractivity contribution in [1.29, 1.82) is 0 Å². The summed E-state index contributed by atoms with van der Waals surface area (Å²) in [7, 11) is -2.15. The highest BCUT2D eigenvalue weighted by atomic mass is 32.2. The molecule has 1 amide bonds. The number of furan rings is 1. The van der Waals surface area contributed by atoms with Gasteiger partial charge in [-0.1, -0.05) is 0 Å².